The molecule has 0 spiro atoms. The number of anilines is 1. The summed E-state index contributed by atoms with van der Waals surface area (Å²) in [6.45, 7) is 5.83. The SMILES string of the molecule is COc1ccc(C2/C(=C(\O)c3ccc(C)cc3)C(=O)C(=O)N2c2cccc(C)c2C)cc1. The molecular formula is C27H25NO4. The predicted octanol–water partition coefficient (Wildman–Crippen LogP) is 5.25. The zero-order chi connectivity index (χ0) is 23.0. The highest BCUT2D eigenvalue weighted by atomic mass is 16.5. The summed E-state index contributed by atoms with van der Waals surface area (Å²) in [5, 5.41) is 11.2. The summed E-state index contributed by atoms with van der Waals surface area (Å²) in [7, 11) is 1.58. The van der Waals surface area contributed by atoms with Gasteiger partial charge in [0.15, 0.2) is 0 Å². The average molecular weight is 428 g/mol. The van der Waals surface area contributed by atoms with E-state index in [0.29, 0.717) is 22.6 Å². The maximum absolute atomic E-state index is 13.3. The van der Waals surface area contributed by atoms with E-state index in [-0.39, 0.29) is 11.3 Å². The number of ether oxygens (including phenoxy) is 1. The van der Waals surface area contributed by atoms with Crippen molar-refractivity contribution in [2.45, 2.75) is 26.8 Å². The third-order valence-electron chi connectivity index (χ3n) is 6.04. The molecule has 0 aliphatic carbocycles. The lowest BCUT2D eigenvalue weighted by Crippen LogP contribution is -2.30. The van der Waals surface area contributed by atoms with E-state index in [0.717, 1.165) is 16.7 Å². The van der Waals surface area contributed by atoms with E-state index in [1.54, 1.807) is 31.4 Å². The molecule has 3 aromatic carbocycles. The number of aliphatic hydroxyl groups is 1. The third kappa shape index (κ3) is 3.56. The van der Waals surface area contributed by atoms with Crippen LogP contribution >= 0.6 is 0 Å². The van der Waals surface area contributed by atoms with Crippen molar-refractivity contribution >= 4 is 23.1 Å². The molecule has 1 N–H and O–H groups in total. The molecule has 1 fully saturated rings. The molecule has 5 nitrogen and oxygen atoms in total. The normalized spacial score (nSPS) is 17.6. The summed E-state index contributed by atoms with van der Waals surface area (Å²) in [5.41, 5.74) is 4.87. The topological polar surface area (TPSA) is 66.8 Å². The zero-order valence-corrected chi connectivity index (χ0v) is 18.5. The fourth-order valence-corrected chi connectivity index (χ4v) is 4.05. The molecular weight excluding hydrogens is 402 g/mol. The van der Waals surface area contributed by atoms with Gasteiger partial charge in [-0.1, -0.05) is 54.1 Å². The van der Waals surface area contributed by atoms with E-state index in [1.807, 2.05) is 63.2 Å². The van der Waals surface area contributed by atoms with Crippen LogP contribution in [0.3, 0.4) is 0 Å². The van der Waals surface area contributed by atoms with Gasteiger partial charge in [-0.2, -0.15) is 0 Å². The lowest BCUT2D eigenvalue weighted by atomic mass is 9.94. The van der Waals surface area contributed by atoms with Gasteiger partial charge in [0.05, 0.1) is 18.7 Å². The van der Waals surface area contributed by atoms with Crippen LogP contribution in [0.25, 0.3) is 5.76 Å². The number of hydrogen-bond acceptors (Lipinski definition) is 4. The number of methoxy groups -OCH3 is 1. The number of aryl methyl sites for hydroxylation is 2. The Hall–Kier alpha value is -3.86. The van der Waals surface area contributed by atoms with Crippen molar-refractivity contribution in [3.8, 4) is 5.75 Å². The summed E-state index contributed by atoms with van der Waals surface area (Å²) in [5.74, 6) is -0.883. The van der Waals surface area contributed by atoms with Crippen molar-refractivity contribution in [3.63, 3.8) is 0 Å². The van der Waals surface area contributed by atoms with E-state index in [9.17, 15) is 14.7 Å². The Balaban J connectivity index is 1.96. The first-order valence-electron chi connectivity index (χ1n) is 10.4. The first kappa shape index (κ1) is 21.4. The standard InChI is InChI=1S/C27H25NO4/c1-16-8-10-20(11-9-16)25(29)23-24(19-12-14-21(32-4)15-13-19)28(27(31)26(23)30)22-7-5-6-17(2)18(22)3/h5-15,24,29H,1-4H3/b25-23+. The lowest BCUT2D eigenvalue weighted by Gasteiger charge is -2.27. The summed E-state index contributed by atoms with van der Waals surface area (Å²) in [4.78, 5) is 28.0. The lowest BCUT2D eigenvalue weighted by molar-refractivity contribution is -0.132. The van der Waals surface area contributed by atoms with Gasteiger partial charge in [-0.3, -0.25) is 14.5 Å². The molecule has 1 heterocycles. The quantitative estimate of drug-likeness (QED) is 0.351. The Kier molecular flexibility index (Phi) is 5.57. The molecule has 1 aliphatic rings. The molecule has 162 valence electrons. The molecule has 0 saturated carbocycles. The molecule has 5 heteroatoms. The molecule has 1 saturated heterocycles. The minimum atomic E-state index is -0.761. The molecule has 1 amide bonds. The van der Waals surface area contributed by atoms with Crippen LogP contribution in [-0.2, 0) is 9.59 Å². The molecule has 0 radical (unpaired) electrons. The second kappa shape index (κ2) is 8.35. The minimum absolute atomic E-state index is 0.0740. The molecule has 0 bridgehead atoms. The molecule has 4 rings (SSSR count). The van der Waals surface area contributed by atoms with Gasteiger partial charge in [-0.15, -0.1) is 0 Å². The van der Waals surface area contributed by atoms with Crippen LogP contribution in [-0.4, -0.2) is 23.9 Å². The van der Waals surface area contributed by atoms with Gasteiger partial charge >= 0.3 is 0 Å². The molecule has 0 aromatic heterocycles. The number of carbonyl (C=O) groups is 2. The summed E-state index contributed by atoms with van der Waals surface area (Å²) in [6, 6.07) is 19.3. The number of aliphatic hydroxyl groups excluding tert-OH is 1. The smallest absolute Gasteiger partial charge is 0.300 e. The highest BCUT2D eigenvalue weighted by Crippen LogP contribution is 2.43. The maximum Gasteiger partial charge on any atom is 0.300 e. The third-order valence-corrected chi connectivity index (χ3v) is 6.04. The van der Waals surface area contributed by atoms with Gasteiger partial charge in [0.25, 0.3) is 11.7 Å². The number of ketones is 1. The van der Waals surface area contributed by atoms with Crippen molar-refractivity contribution in [1.82, 2.24) is 0 Å². The average Bonchev–Trinajstić information content (AvgIpc) is 3.06. The van der Waals surface area contributed by atoms with Crippen molar-refractivity contribution in [2.24, 2.45) is 0 Å². The Morgan fingerprint density at radius 1 is 0.906 bits per heavy atom. The largest absolute Gasteiger partial charge is 0.507 e. The van der Waals surface area contributed by atoms with Crippen LogP contribution in [0.1, 0.15) is 33.9 Å². The second-order valence-electron chi connectivity index (χ2n) is 8.03. The zero-order valence-electron chi connectivity index (χ0n) is 18.5. The number of nitrogens with zero attached hydrogens (tertiary/aromatic N) is 1. The monoisotopic (exact) mass is 427 g/mol. The summed E-state index contributed by atoms with van der Waals surface area (Å²) >= 11 is 0. The van der Waals surface area contributed by atoms with Crippen molar-refractivity contribution < 1.29 is 19.4 Å². The van der Waals surface area contributed by atoms with Gasteiger partial charge < -0.3 is 9.84 Å². The first-order chi connectivity index (χ1) is 15.3. The van der Waals surface area contributed by atoms with Crippen LogP contribution < -0.4 is 9.64 Å². The van der Waals surface area contributed by atoms with Crippen LogP contribution in [0.2, 0.25) is 0 Å². The second-order valence-corrected chi connectivity index (χ2v) is 8.03. The van der Waals surface area contributed by atoms with Crippen molar-refractivity contribution in [1.29, 1.82) is 0 Å². The molecule has 1 atom stereocenters. The Morgan fingerprint density at radius 3 is 2.19 bits per heavy atom. The van der Waals surface area contributed by atoms with Gasteiger partial charge in [0, 0.05) is 11.3 Å². The van der Waals surface area contributed by atoms with Crippen LogP contribution in [0.5, 0.6) is 5.75 Å². The van der Waals surface area contributed by atoms with E-state index in [1.165, 1.54) is 4.90 Å². The Labute approximate surface area is 187 Å². The van der Waals surface area contributed by atoms with E-state index >= 15 is 0 Å². The number of carbonyl (C=O) groups excluding carboxylic acids is 2. The number of amides is 1. The van der Waals surface area contributed by atoms with E-state index in [2.05, 4.69) is 0 Å². The van der Waals surface area contributed by atoms with Crippen molar-refractivity contribution in [3.05, 3.63) is 100 Å². The number of hydrogen-bond donors (Lipinski definition) is 1. The first-order valence-corrected chi connectivity index (χ1v) is 10.4. The van der Waals surface area contributed by atoms with Gasteiger partial charge in [-0.25, -0.2) is 0 Å². The molecule has 32 heavy (non-hydrogen) atoms. The van der Waals surface area contributed by atoms with Crippen molar-refractivity contribution in [2.75, 3.05) is 12.0 Å². The molecule has 1 unspecified atom stereocenters. The highest BCUT2D eigenvalue weighted by molar-refractivity contribution is 6.51. The number of rotatable bonds is 4. The van der Waals surface area contributed by atoms with Gasteiger partial charge in [0.1, 0.15) is 11.5 Å². The van der Waals surface area contributed by atoms with E-state index < -0.39 is 17.7 Å². The van der Waals surface area contributed by atoms with Crippen LogP contribution in [0, 0.1) is 20.8 Å². The number of benzene rings is 3. The highest BCUT2D eigenvalue weighted by Gasteiger charge is 2.47. The van der Waals surface area contributed by atoms with E-state index in [4.69, 9.17) is 4.74 Å². The molecule has 1 aliphatic heterocycles. The minimum Gasteiger partial charge on any atom is -0.507 e. The van der Waals surface area contributed by atoms with Gasteiger partial charge in [-0.05, 0) is 55.7 Å². The Bertz CT molecular complexity index is 1220. The van der Waals surface area contributed by atoms with Gasteiger partial charge in [0.2, 0.25) is 0 Å². The number of Topliss-reactive ketones (excluding diaryl/α,β-unsaturated/α-hetero) is 1. The summed E-state index contributed by atoms with van der Waals surface area (Å²) < 4.78 is 5.27. The van der Waals surface area contributed by atoms with Crippen LogP contribution in [0.15, 0.2) is 72.3 Å². The molecule has 3 aromatic rings. The van der Waals surface area contributed by atoms with Crippen LogP contribution in [0.4, 0.5) is 5.69 Å². The summed E-state index contributed by atoms with van der Waals surface area (Å²) in [6.07, 6.45) is 0. The maximum atomic E-state index is 13.3. The fraction of sp³-hybridized carbons (Fsp3) is 0.185. The fourth-order valence-electron chi connectivity index (χ4n) is 4.05. The predicted molar refractivity (Wildman–Crippen MR) is 125 cm³/mol. The Morgan fingerprint density at radius 2 is 1.56 bits per heavy atom.